The summed E-state index contributed by atoms with van der Waals surface area (Å²) in [5.41, 5.74) is 1.02. The molecule has 1 aromatic carbocycles. The number of alkyl carbamates (subject to hydrolysis) is 1. The van der Waals surface area contributed by atoms with Gasteiger partial charge in [-0.1, -0.05) is 25.5 Å². The number of amides is 1. The van der Waals surface area contributed by atoms with Crippen molar-refractivity contribution in [2.45, 2.75) is 51.1 Å². The van der Waals surface area contributed by atoms with E-state index in [4.69, 9.17) is 14.5 Å². The summed E-state index contributed by atoms with van der Waals surface area (Å²) in [6.07, 6.45) is 0.0209. The normalized spacial score (nSPS) is 19.6. The second-order valence-corrected chi connectivity index (χ2v) is 9.25. The summed E-state index contributed by atoms with van der Waals surface area (Å²) < 4.78 is 40.0. The number of halogens is 2. The Labute approximate surface area is 213 Å². The van der Waals surface area contributed by atoms with Crippen molar-refractivity contribution >= 4 is 28.9 Å². The number of fused-ring (bicyclic) bond motifs is 1. The van der Waals surface area contributed by atoms with Gasteiger partial charge in [-0.05, 0) is 31.4 Å². The molecule has 2 fully saturated rings. The first kappa shape index (κ1) is 25.1. The van der Waals surface area contributed by atoms with Gasteiger partial charge in [-0.15, -0.1) is 0 Å². The summed E-state index contributed by atoms with van der Waals surface area (Å²) in [6.45, 7) is 4.73. The average molecular weight is 516 g/mol. The van der Waals surface area contributed by atoms with Crippen LogP contribution in [0, 0.1) is 0 Å². The highest BCUT2D eigenvalue weighted by atomic mass is 19.3. The fraction of sp³-hybridized carbons (Fsp3) is 0.520. The van der Waals surface area contributed by atoms with Crippen LogP contribution in [0.2, 0.25) is 0 Å². The first-order valence-corrected chi connectivity index (χ1v) is 12.7. The van der Waals surface area contributed by atoms with Crippen molar-refractivity contribution in [3.05, 3.63) is 36.2 Å². The summed E-state index contributed by atoms with van der Waals surface area (Å²) in [7, 11) is 0. The maximum absolute atomic E-state index is 14.0. The van der Waals surface area contributed by atoms with Gasteiger partial charge in [0.05, 0.1) is 30.9 Å². The number of carbonyl (C=O) groups excluding carboxylic acids is 1. The summed E-state index contributed by atoms with van der Waals surface area (Å²) in [5.74, 6) is 0.915. The van der Waals surface area contributed by atoms with Crippen LogP contribution in [0.5, 0.6) is 0 Å². The first-order chi connectivity index (χ1) is 18.0. The van der Waals surface area contributed by atoms with Crippen molar-refractivity contribution in [3.63, 3.8) is 0 Å². The quantitative estimate of drug-likeness (QED) is 0.411. The lowest BCUT2D eigenvalue weighted by molar-refractivity contribution is 0.122. The Kier molecular flexibility index (Phi) is 7.63. The van der Waals surface area contributed by atoms with Gasteiger partial charge in [-0.2, -0.15) is 9.97 Å². The van der Waals surface area contributed by atoms with Crippen molar-refractivity contribution in [2.24, 2.45) is 0 Å². The standard InChI is InChI=1S/C25H31F2N7O3/c1-2-3-10-37-25(35)29-17-13-16(14-17)28-20-15-21(32-24(31-20)33-8-11-36-12-9-33)34-19-7-5-4-6-18(19)30-23(34)22(26)27/h4-7,15-17,22H,2-3,8-14H2,1H3,(H,29,35)(H,28,31,32). The van der Waals surface area contributed by atoms with Gasteiger partial charge in [0.1, 0.15) is 11.6 Å². The van der Waals surface area contributed by atoms with E-state index in [0.29, 0.717) is 74.4 Å². The summed E-state index contributed by atoms with van der Waals surface area (Å²) >= 11 is 0. The van der Waals surface area contributed by atoms with Crippen LogP contribution in [0.15, 0.2) is 30.3 Å². The van der Waals surface area contributed by atoms with Crippen LogP contribution in [0.3, 0.4) is 0 Å². The topological polar surface area (TPSA) is 106 Å². The van der Waals surface area contributed by atoms with E-state index in [1.165, 1.54) is 4.57 Å². The van der Waals surface area contributed by atoms with Crippen LogP contribution in [-0.2, 0) is 9.47 Å². The van der Waals surface area contributed by atoms with E-state index >= 15 is 0 Å². The Balaban J connectivity index is 1.38. The zero-order valence-corrected chi connectivity index (χ0v) is 20.7. The molecule has 3 aromatic rings. The Hall–Kier alpha value is -3.54. The number of nitrogens with zero attached hydrogens (tertiary/aromatic N) is 5. The average Bonchev–Trinajstić information content (AvgIpc) is 3.28. The van der Waals surface area contributed by atoms with E-state index in [1.54, 1.807) is 30.3 Å². The van der Waals surface area contributed by atoms with Crippen molar-refractivity contribution < 1.29 is 23.0 Å². The maximum Gasteiger partial charge on any atom is 0.407 e. The molecule has 0 spiro atoms. The molecule has 0 atom stereocenters. The molecule has 3 heterocycles. The number of carbonyl (C=O) groups is 1. The van der Waals surface area contributed by atoms with Crippen molar-refractivity contribution in [1.82, 2.24) is 24.8 Å². The van der Waals surface area contributed by atoms with Crippen LogP contribution >= 0.6 is 0 Å². The van der Waals surface area contributed by atoms with E-state index in [9.17, 15) is 13.6 Å². The Morgan fingerprint density at radius 2 is 1.95 bits per heavy atom. The minimum atomic E-state index is -2.78. The monoisotopic (exact) mass is 515 g/mol. The summed E-state index contributed by atoms with van der Waals surface area (Å²) in [6, 6.07) is 8.75. The summed E-state index contributed by atoms with van der Waals surface area (Å²) in [4.78, 5) is 27.4. The van der Waals surface area contributed by atoms with Gasteiger partial charge in [0, 0.05) is 31.2 Å². The highest BCUT2D eigenvalue weighted by molar-refractivity contribution is 5.78. The fourth-order valence-electron chi connectivity index (χ4n) is 4.53. The Morgan fingerprint density at radius 3 is 2.70 bits per heavy atom. The molecule has 2 aromatic heterocycles. The Bertz CT molecular complexity index is 1230. The van der Waals surface area contributed by atoms with Crippen LogP contribution in [0.25, 0.3) is 16.9 Å². The zero-order chi connectivity index (χ0) is 25.8. The van der Waals surface area contributed by atoms with Crippen LogP contribution in [0.4, 0.5) is 25.3 Å². The molecule has 10 nitrogen and oxygen atoms in total. The Morgan fingerprint density at radius 1 is 1.16 bits per heavy atom. The molecule has 2 N–H and O–H groups in total. The molecule has 1 amide bonds. The molecule has 0 unspecified atom stereocenters. The number of aromatic nitrogens is 4. The summed E-state index contributed by atoms with van der Waals surface area (Å²) in [5, 5.41) is 6.27. The number of hydrogen-bond donors (Lipinski definition) is 2. The third kappa shape index (κ3) is 5.74. The van der Waals surface area contributed by atoms with Crippen molar-refractivity contribution in [3.8, 4) is 5.82 Å². The zero-order valence-electron chi connectivity index (χ0n) is 20.7. The molecule has 5 rings (SSSR count). The van der Waals surface area contributed by atoms with Crippen LogP contribution < -0.4 is 15.5 Å². The molecule has 2 aliphatic rings. The molecule has 1 saturated heterocycles. The van der Waals surface area contributed by atoms with E-state index < -0.39 is 12.5 Å². The van der Waals surface area contributed by atoms with Crippen molar-refractivity contribution in [2.75, 3.05) is 43.1 Å². The number of imidazole rings is 1. The maximum atomic E-state index is 14.0. The minimum Gasteiger partial charge on any atom is -0.450 e. The number of ether oxygens (including phenoxy) is 2. The number of nitrogens with one attached hydrogen (secondary N) is 2. The second-order valence-electron chi connectivity index (χ2n) is 9.25. The van der Waals surface area contributed by atoms with Gasteiger partial charge in [-0.3, -0.25) is 4.57 Å². The molecule has 198 valence electrons. The molecule has 1 aliphatic heterocycles. The third-order valence-corrected chi connectivity index (χ3v) is 6.55. The highest BCUT2D eigenvalue weighted by Gasteiger charge is 2.31. The first-order valence-electron chi connectivity index (χ1n) is 12.7. The smallest absolute Gasteiger partial charge is 0.407 e. The predicted molar refractivity (Wildman–Crippen MR) is 134 cm³/mol. The lowest BCUT2D eigenvalue weighted by Crippen LogP contribution is -2.50. The van der Waals surface area contributed by atoms with E-state index in [-0.39, 0.29) is 17.9 Å². The van der Waals surface area contributed by atoms with Gasteiger partial charge < -0.3 is 25.0 Å². The molecular weight excluding hydrogens is 484 g/mol. The number of rotatable bonds is 9. The van der Waals surface area contributed by atoms with Gasteiger partial charge in [0.15, 0.2) is 5.82 Å². The van der Waals surface area contributed by atoms with Gasteiger partial charge in [0.25, 0.3) is 6.43 Å². The molecular formula is C25H31F2N7O3. The fourth-order valence-corrected chi connectivity index (χ4v) is 4.53. The lowest BCUT2D eigenvalue weighted by atomic mass is 9.87. The second kappa shape index (κ2) is 11.2. The lowest BCUT2D eigenvalue weighted by Gasteiger charge is -2.36. The SMILES string of the molecule is CCCCOC(=O)NC1CC(Nc2cc(-n3c(C(F)F)nc4ccccc43)nc(N3CCOCC3)n2)C1. The molecule has 37 heavy (non-hydrogen) atoms. The molecule has 1 aliphatic carbocycles. The number of hydrogen-bond acceptors (Lipinski definition) is 8. The van der Waals surface area contributed by atoms with Gasteiger partial charge in [-0.25, -0.2) is 18.6 Å². The van der Waals surface area contributed by atoms with E-state index in [2.05, 4.69) is 20.6 Å². The van der Waals surface area contributed by atoms with E-state index in [1.807, 2.05) is 11.8 Å². The molecule has 12 heteroatoms. The van der Waals surface area contributed by atoms with Gasteiger partial charge in [0.2, 0.25) is 5.95 Å². The van der Waals surface area contributed by atoms with Crippen molar-refractivity contribution in [1.29, 1.82) is 0 Å². The number of morpholine rings is 1. The highest BCUT2D eigenvalue weighted by Crippen LogP contribution is 2.30. The molecule has 0 radical (unpaired) electrons. The van der Waals surface area contributed by atoms with Crippen LogP contribution in [-0.4, -0.2) is 70.6 Å². The number of para-hydroxylation sites is 2. The minimum absolute atomic E-state index is 0.00896. The number of alkyl halides is 2. The third-order valence-electron chi connectivity index (χ3n) is 6.55. The molecule has 0 bridgehead atoms. The predicted octanol–water partition coefficient (Wildman–Crippen LogP) is 4.06. The van der Waals surface area contributed by atoms with E-state index in [0.717, 1.165) is 12.8 Å². The largest absolute Gasteiger partial charge is 0.450 e. The van der Waals surface area contributed by atoms with Gasteiger partial charge >= 0.3 is 6.09 Å². The number of unbranched alkanes of at least 4 members (excludes halogenated alkanes) is 1. The van der Waals surface area contributed by atoms with Crippen LogP contribution in [0.1, 0.15) is 44.9 Å². The number of benzene rings is 1. The molecule has 1 saturated carbocycles. The number of anilines is 2.